The molecule has 2 aromatic heterocycles. The smallest absolute Gasteiger partial charge is 0.254 e. The van der Waals surface area contributed by atoms with Gasteiger partial charge in [0.15, 0.2) is 5.78 Å². The van der Waals surface area contributed by atoms with Crippen LogP contribution >= 0.6 is 11.3 Å². The highest BCUT2D eigenvalue weighted by molar-refractivity contribution is 7.12. The molecule has 1 aromatic carbocycles. The third-order valence-corrected chi connectivity index (χ3v) is 5.45. The van der Waals surface area contributed by atoms with Gasteiger partial charge in [-0.2, -0.15) is 0 Å². The topological polar surface area (TPSA) is 55.2 Å². The molecule has 0 aliphatic carbocycles. The molecule has 1 amide bonds. The van der Waals surface area contributed by atoms with Crippen molar-refractivity contribution in [3.63, 3.8) is 0 Å². The molecule has 0 saturated carbocycles. The minimum Gasteiger partial charge on any atom is -0.337 e. The fourth-order valence-electron chi connectivity index (χ4n) is 3.05. The van der Waals surface area contributed by atoms with Gasteiger partial charge in [-0.25, -0.2) is 4.98 Å². The molecule has 2 heterocycles. The van der Waals surface area contributed by atoms with Crippen molar-refractivity contribution < 1.29 is 9.59 Å². The lowest BCUT2D eigenvalue weighted by atomic mass is 10.0. The van der Waals surface area contributed by atoms with Crippen molar-refractivity contribution in [2.45, 2.75) is 26.8 Å². The second kappa shape index (κ2) is 8.31. The Bertz CT molecular complexity index is 958. The van der Waals surface area contributed by atoms with Crippen LogP contribution in [-0.4, -0.2) is 32.7 Å². The maximum Gasteiger partial charge on any atom is 0.254 e. The number of amides is 1. The predicted molar refractivity (Wildman–Crippen MR) is 108 cm³/mol. The second-order valence-corrected chi connectivity index (χ2v) is 7.40. The molecule has 0 saturated heterocycles. The summed E-state index contributed by atoms with van der Waals surface area (Å²) >= 11 is 1.43. The Balaban J connectivity index is 1.90. The van der Waals surface area contributed by atoms with Crippen LogP contribution in [0.15, 0.2) is 48.1 Å². The van der Waals surface area contributed by atoms with Gasteiger partial charge in [-0.15, -0.1) is 11.3 Å². The highest BCUT2D eigenvalue weighted by Gasteiger charge is 2.19. The molecule has 0 spiro atoms. The van der Waals surface area contributed by atoms with E-state index in [4.69, 9.17) is 0 Å². The number of thiophene rings is 1. The highest BCUT2D eigenvalue weighted by Crippen LogP contribution is 2.29. The van der Waals surface area contributed by atoms with Gasteiger partial charge >= 0.3 is 0 Å². The number of benzene rings is 1. The van der Waals surface area contributed by atoms with E-state index in [9.17, 15) is 9.59 Å². The average molecular weight is 382 g/mol. The molecule has 3 rings (SSSR count). The molecular formula is C21H23N3O2S. The number of ketones is 1. The summed E-state index contributed by atoms with van der Waals surface area (Å²) in [5, 5.41) is 1.91. The maximum atomic E-state index is 13.1. The van der Waals surface area contributed by atoms with Crippen LogP contribution in [0.5, 0.6) is 0 Å². The molecule has 0 N–H and O–H groups in total. The lowest BCUT2D eigenvalue weighted by Gasteiger charge is -2.22. The molecule has 6 heteroatoms. The van der Waals surface area contributed by atoms with Crippen LogP contribution in [0.25, 0.3) is 11.1 Å². The summed E-state index contributed by atoms with van der Waals surface area (Å²) in [6.45, 7) is 4.75. The Hall–Kier alpha value is -2.73. The van der Waals surface area contributed by atoms with Crippen molar-refractivity contribution in [1.82, 2.24) is 14.5 Å². The zero-order chi connectivity index (χ0) is 19.4. The van der Waals surface area contributed by atoms with E-state index in [2.05, 4.69) is 11.9 Å². The largest absolute Gasteiger partial charge is 0.337 e. The first-order chi connectivity index (χ1) is 13.0. The fourth-order valence-corrected chi connectivity index (χ4v) is 3.87. The van der Waals surface area contributed by atoms with E-state index in [0.29, 0.717) is 18.7 Å². The van der Waals surface area contributed by atoms with E-state index >= 15 is 0 Å². The van der Waals surface area contributed by atoms with Gasteiger partial charge in [-0.1, -0.05) is 19.1 Å². The van der Waals surface area contributed by atoms with E-state index < -0.39 is 0 Å². The van der Waals surface area contributed by atoms with Crippen LogP contribution in [0.3, 0.4) is 0 Å². The number of carbonyl (C=O) groups is 2. The van der Waals surface area contributed by atoms with Crippen molar-refractivity contribution in [3.05, 3.63) is 64.4 Å². The Morgan fingerprint density at radius 2 is 2.07 bits per heavy atom. The first-order valence-corrected chi connectivity index (χ1v) is 9.83. The van der Waals surface area contributed by atoms with Gasteiger partial charge in [0.25, 0.3) is 5.91 Å². The minimum atomic E-state index is -0.0266. The molecule has 5 nitrogen and oxygen atoms in total. The molecular weight excluding hydrogens is 358 g/mol. The lowest BCUT2D eigenvalue weighted by Crippen LogP contribution is -2.32. The molecule has 0 atom stereocenters. The van der Waals surface area contributed by atoms with Crippen molar-refractivity contribution in [1.29, 1.82) is 0 Å². The zero-order valence-corrected chi connectivity index (χ0v) is 16.6. The number of aryl methyl sites for hydroxylation is 1. The molecule has 0 bridgehead atoms. The van der Waals surface area contributed by atoms with Gasteiger partial charge in [0, 0.05) is 37.1 Å². The molecule has 0 aliphatic heterocycles. The quantitative estimate of drug-likeness (QED) is 0.570. The zero-order valence-electron chi connectivity index (χ0n) is 15.8. The number of hydrogen-bond acceptors (Lipinski definition) is 4. The Labute approximate surface area is 163 Å². The first kappa shape index (κ1) is 19.0. The molecule has 0 unspecified atom stereocenters. The first-order valence-electron chi connectivity index (χ1n) is 8.95. The van der Waals surface area contributed by atoms with Crippen molar-refractivity contribution in [2.24, 2.45) is 7.05 Å². The van der Waals surface area contributed by atoms with E-state index in [1.54, 1.807) is 13.1 Å². The third kappa shape index (κ3) is 4.17. The molecule has 0 aliphatic rings. The van der Waals surface area contributed by atoms with Crippen LogP contribution in [0, 0.1) is 0 Å². The summed E-state index contributed by atoms with van der Waals surface area (Å²) in [5.41, 5.74) is 2.39. The Morgan fingerprint density at radius 1 is 1.26 bits per heavy atom. The normalized spacial score (nSPS) is 10.8. The van der Waals surface area contributed by atoms with Gasteiger partial charge < -0.3 is 9.47 Å². The summed E-state index contributed by atoms with van der Waals surface area (Å²) < 4.78 is 1.93. The second-order valence-electron chi connectivity index (χ2n) is 6.48. The average Bonchev–Trinajstić information content (AvgIpc) is 3.30. The SMILES string of the molecule is CCCN(Cc1nccn1C)C(=O)c1cccc(-c2ccsc2C(C)=O)c1. The van der Waals surface area contributed by atoms with Crippen molar-refractivity contribution >= 4 is 23.0 Å². The van der Waals surface area contributed by atoms with Gasteiger partial charge in [0.2, 0.25) is 0 Å². The van der Waals surface area contributed by atoms with Crippen LogP contribution in [0.4, 0.5) is 0 Å². The van der Waals surface area contributed by atoms with E-state index in [-0.39, 0.29) is 11.7 Å². The number of rotatable bonds is 7. The highest BCUT2D eigenvalue weighted by atomic mass is 32.1. The van der Waals surface area contributed by atoms with Crippen LogP contribution < -0.4 is 0 Å². The number of hydrogen-bond donors (Lipinski definition) is 0. The standard InChI is InChI=1S/C21H23N3O2S/c1-4-10-24(14-19-22-9-11-23(19)3)21(26)17-7-5-6-16(13-17)18-8-12-27-20(18)15(2)25/h5-9,11-13H,4,10,14H2,1-3H3. The predicted octanol–water partition coefficient (Wildman–Crippen LogP) is 4.40. The number of nitrogens with zero attached hydrogens (tertiary/aromatic N) is 3. The molecule has 0 radical (unpaired) electrons. The fraction of sp³-hybridized carbons (Fsp3) is 0.286. The Morgan fingerprint density at radius 3 is 2.74 bits per heavy atom. The van der Waals surface area contributed by atoms with Crippen molar-refractivity contribution in [3.8, 4) is 11.1 Å². The Kier molecular flexibility index (Phi) is 5.86. The van der Waals surface area contributed by atoms with E-state index in [0.717, 1.165) is 28.2 Å². The minimum absolute atomic E-state index is 0.0266. The van der Waals surface area contributed by atoms with E-state index in [1.807, 2.05) is 58.4 Å². The molecule has 0 fully saturated rings. The van der Waals surface area contributed by atoms with Gasteiger partial charge in [-0.05, 0) is 42.5 Å². The number of aromatic nitrogens is 2. The van der Waals surface area contributed by atoms with Gasteiger partial charge in [0.05, 0.1) is 11.4 Å². The molecule has 27 heavy (non-hydrogen) atoms. The number of Topliss-reactive ketones (excluding diaryl/α,β-unsaturated/α-hetero) is 1. The van der Waals surface area contributed by atoms with Crippen LogP contribution in [-0.2, 0) is 13.6 Å². The van der Waals surface area contributed by atoms with Gasteiger partial charge in [-0.3, -0.25) is 9.59 Å². The summed E-state index contributed by atoms with van der Waals surface area (Å²) in [7, 11) is 1.93. The summed E-state index contributed by atoms with van der Waals surface area (Å²) in [4.78, 5) is 31.9. The molecule has 140 valence electrons. The summed E-state index contributed by atoms with van der Waals surface area (Å²) in [6, 6.07) is 9.44. The van der Waals surface area contributed by atoms with Crippen molar-refractivity contribution in [2.75, 3.05) is 6.54 Å². The van der Waals surface area contributed by atoms with E-state index in [1.165, 1.54) is 11.3 Å². The summed E-state index contributed by atoms with van der Waals surface area (Å²) in [5.74, 6) is 0.866. The van der Waals surface area contributed by atoms with Crippen LogP contribution in [0.2, 0.25) is 0 Å². The maximum absolute atomic E-state index is 13.1. The van der Waals surface area contributed by atoms with Gasteiger partial charge in [0.1, 0.15) is 5.82 Å². The monoisotopic (exact) mass is 381 g/mol. The number of carbonyl (C=O) groups excluding carboxylic acids is 2. The number of imidazole rings is 1. The summed E-state index contributed by atoms with van der Waals surface area (Å²) in [6.07, 6.45) is 4.49. The third-order valence-electron chi connectivity index (χ3n) is 4.44. The van der Waals surface area contributed by atoms with Crippen LogP contribution in [0.1, 0.15) is 46.1 Å². The lowest BCUT2D eigenvalue weighted by molar-refractivity contribution is 0.0737. The molecule has 3 aromatic rings.